The van der Waals surface area contributed by atoms with Gasteiger partial charge in [-0.25, -0.2) is 0 Å². The summed E-state index contributed by atoms with van der Waals surface area (Å²) in [5, 5.41) is 5.77. The average molecular weight is 386 g/mol. The molecule has 0 unspecified atom stereocenters. The van der Waals surface area contributed by atoms with E-state index in [1.165, 1.54) is 5.56 Å². The predicted octanol–water partition coefficient (Wildman–Crippen LogP) is 5.17. The molecule has 2 amide bonds. The first-order chi connectivity index (χ1) is 13.8. The highest BCUT2D eigenvalue weighted by Gasteiger charge is 2.14. The Kier molecular flexibility index (Phi) is 6.13. The molecule has 3 aromatic rings. The van der Waals surface area contributed by atoms with Crippen molar-refractivity contribution in [2.24, 2.45) is 0 Å². The molecule has 0 aliphatic heterocycles. The minimum Gasteiger partial charge on any atom is -0.348 e. The van der Waals surface area contributed by atoms with Gasteiger partial charge in [0.05, 0.1) is 0 Å². The van der Waals surface area contributed by atoms with Crippen LogP contribution in [0.5, 0.6) is 0 Å². The quantitative estimate of drug-likeness (QED) is 0.636. The molecule has 4 nitrogen and oxygen atoms in total. The molecule has 0 atom stereocenters. The minimum atomic E-state index is -0.244. The largest absolute Gasteiger partial charge is 0.348 e. The van der Waals surface area contributed by atoms with Crippen molar-refractivity contribution >= 4 is 17.5 Å². The number of hydrogen-bond acceptors (Lipinski definition) is 2. The number of nitrogens with one attached hydrogen (secondary N) is 2. The van der Waals surface area contributed by atoms with E-state index in [0.29, 0.717) is 17.7 Å². The van der Waals surface area contributed by atoms with E-state index in [1.807, 2.05) is 54.6 Å². The molecule has 0 saturated heterocycles. The van der Waals surface area contributed by atoms with E-state index in [9.17, 15) is 9.59 Å². The van der Waals surface area contributed by atoms with Crippen molar-refractivity contribution in [1.82, 2.24) is 5.32 Å². The van der Waals surface area contributed by atoms with Gasteiger partial charge in [-0.1, -0.05) is 69.3 Å². The first-order valence-corrected chi connectivity index (χ1v) is 9.67. The van der Waals surface area contributed by atoms with Crippen molar-refractivity contribution in [2.45, 2.75) is 32.7 Å². The van der Waals surface area contributed by atoms with E-state index >= 15 is 0 Å². The summed E-state index contributed by atoms with van der Waals surface area (Å²) in [6, 6.07) is 24.3. The smallest absolute Gasteiger partial charge is 0.255 e. The summed E-state index contributed by atoms with van der Waals surface area (Å²) in [5.41, 5.74) is 3.90. The maximum atomic E-state index is 12.6. The Morgan fingerprint density at radius 3 is 2.00 bits per heavy atom. The number of benzene rings is 3. The summed E-state index contributed by atoms with van der Waals surface area (Å²) in [5.74, 6) is -0.454. The normalized spacial score (nSPS) is 11.0. The van der Waals surface area contributed by atoms with Gasteiger partial charge in [0, 0.05) is 23.4 Å². The number of anilines is 1. The molecular formula is C25H26N2O2. The third-order valence-electron chi connectivity index (χ3n) is 4.69. The van der Waals surface area contributed by atoms with Gasteiger partial charge < -0.3 is 10.6 Å². The van der Waals surface area contributed by atoms with Crippen molar-refractivity contribution in [3.63, 3.8) is 0 Å². The van der Waals surface area contributed by atoms with Crippen LogP contribution in [0, 0.1) is 0 Å². The summed E-state index contributed by atoms with van der Waals surface area (Å²) in [7, 11) is 0. The Morgan fingerprint density at radius 2 is 1.38 bits per heavy atom. The highest BCUT2D eigenvalue weighted by atomic mass is 16.2. The number of hydrogen-bond donors (Lipinski definition) is 2. The maximum absolute atomic E-state index is 12.6. The molecule has 0 aliphatic rings. The Hall–Kier alpha value is -3.40. The van der Waals surface area contributed by atoms with Crippen molar-refractivity contribution in [3.05, 3.63) is 101 Å². The molecule has 29 heavy (non-hydrogen) atoms. The number of carbonyl (C=O) groups is 2. The second-order valence-corrected chi connectivity index (χ2v) is 8.03. The molecule has 0 spiro atoms. The summed E-state index contributed by atoms with van der Waals surface area (Å²) >= 11 is 0. The third kappa shape index (κ3) is 5.55. The lowest BCUT2D eigenvalue weighted by atomic mass is 9.87. The lowest BCUT2D eigenvalue weighted by Gasteiger charge is -2.19. The van der Waals surface area contributed by atoms with Crippen LogP contribution in [0.1, 0.15) is 52.6 Å². The summed E-state index contributed by atoms with van der Waals surface area (Å²) in [6.45, 7) is 6.88. The van der Waals surface area contributed by atoms with Crippen LogP contribution < -0.4 is 10.6 Å². The first kappa shape index (κ1) is 20.3. The molecule has 3 rings (SSSR count). The van der Waals surface area contributed by atoms with Gasteiger partial charge in [-0.15, -0.1) is 0 Å². The van der Waals surface area contributed by atoms with Crippen molar-refractivity contribution in [3.8, 4) is 0 Å². The topological polar surface area (TPSA) is 58.2 Å². The van der Waals surface area contributed by atoms with Crippen LogP contribution in [-0.4, -0.2) is 11.8 Å². The van der Waals surface area contributed by atoms with Gasteiger partial charge in [0.1, 0.15) is 0 Å². The average Bonchev–Trinajstić information content (AvgIpc) is 2.72. The highest BCUT2D eigenvalue weighted by Crippen LogP contribution is 2.23. The Bertz CT molecular complexity index is 987. The molecule has 0 bridgehead atoms. The molecule has 2 N–H and O–H groups in total. The zero-order valence-corrected chi connectivity index (χ0v) is 17.0. The number of rotatable bonds is 5. The van der Waals surface area contributed by atoms with Gasteiger partial charge in [0.2, 0.25) is 0 Å². The van der Waals surface area contributed by atoms with Crippen LogP contribution >= 0.6 is 0 Å². The van der Waals surface area contributed by atoms with Crippen LogP contribution in [0.25, 0.3) is 0 Å². The Morgan fingerprint density at radius 1 is 0.759 bits per heavy atom. The zero-order valence-electron chi connectivity index (χ0n) is 17.0. The second kappa shape index (κ2) is 8.74. The molecule has 4 heteroatoms. The number of amides is 2. The molecule has 3 aromatic carbocycles. The standard InChI is InChI=1S/C25H26N2O2/c1-25(2,3)21-12-14-22(15-13-21)27-24(29)20-11-7-10-19(16-20)23(28)26-17-18-8-5-4-6-9-18/h4-16H,17H2,1-3H3,(H,26,28)(H,27,29). The molecular weight excluding hydrogens is 360 g/mol. The van der Waals surface area contributed by atoms with Crippen LogP contribution in [0.3, 0.4) is 0 Å². The van der Waals surface area contributed by atoms with E-state index in [0.717, 1.165) is 11.3 Å². The molecule has 148 valence electrons. The third-order valence-corrected chi connectivity index (χ3v) is 4.69. The van der Waals surface area contributed by atoms with Gasteiger partial charge in [0.25, 0.3) is 11.8 Å². The molecule has 0 aliphatic carbocycles. The fourth-order valence-electron chi connectivity index (χ4n) is 2.94. The van der Waals surface area contributed by atoms with Gasteiger partial charge in [-0.05, 0) is 46.9 Å². The van der Waals surface area contributed by atoms with Gasteiger partial charge in [-0.2, -0.15) is 0 Å². The Labute approximate surface area is 172 Å². The van der Waals surface area contributed by atoms with Gasteiger partial charge in [0.15, 0.2) is 0 Å². The monoisotopic (exact) mass is 386 g/mol. The van der Waals surface area contributed by atoms with Crippen LogP contribution in [0.4, 0.5) is 5.69 Å². The van der Waals surface area contributed by atoms with E-state index in [4.69, 9.17) is 0 Å². The molecule has 0 fully saturated rings. The van der Waals surface area contributed by atoms with Crippen molar-refractivity contribution in [1.29, 1.82) is 0 Å². The van der Waals surface area contributed by atoms with E-state index in [2.05, 4.69) is 31.4 Å². The first-order valence-electron chi connectivity index (χ1n) is 9.67. The van der Waals surface area contributed by atoms with Crippen LogP contribution in [-0.2, 0) is 12.0 Å². The van der Waals surface area contributed by atoms with Crippen LogP contribution in [0.15, 0.2) is 78.9 Å². The van der Waals surface area contributed by atoms with Crippen molar-refractivity contribution in [2.75, 3.05) is 5.32 Å². The summed E-state index contributed by atoms with van der Waals surface area (Å²) < 4.78 is 0. The fraction of sp³-hybridized carbons (Fsp3) is 0.200. The van der Waals surface area contributed by atoms with E-state index in [-0.39, 0.29) is 17.2 Å². The fourth-order valence-corrected chi connectivity index (χ4v) is 2.94. The lowest BCUT2D eigenvalue weighted by Crippen LogP contribution is -2.23. The zero-order chi connectivity index (χ0) is 20.9. The van der Waals surface area contributed by atoms with Crippen molar-refractivity contribution < 1.29 is 9.59 Å². The molecule has 0 heterocycles. The van der Waals surface area contributed by atoms with E-state index < -0.39 is 0 Å². The van der Waals surface area contributed by atoms with E-state index in [1.54, 1.807) is 24.3 Å². The minimum absolute atomic E-state index is 0.0595. The summed E-state index contributed by atoms with van der Waals surface area (Å²) in [6.07, 6.45) is 0. The van der Waals surface area contributed by atoms with Crippen LogP contribution in [0.2, 0.25) is 0 Å². The number of carbonyl (C=O) groups excluding carboxylic acids is 2. The summed E-state index contributed by atoms with van der Waals surface area (Å²) in [4.78, 5) is 25.0. The lowest BCUT2D eigenvalue weighted by molar-refractivity contribution is 0.0951. The predicted molar refractivity (Wildman–Crippen MR) is 117 cm³/mol. The SMILES string of the molecule is CC(C)(C)c1ccc(NC(=O)c2cccc(C(=O)NCc3ccccc3)c2)cc1. The second-order valence-electron chi connectivity index (χ2n) is 8.03. The molecule has 0 saturated carbocycles. The molecule has 0 radical (unpaired) electrons. The van der Waals surface area contributed by atoms with Gasteiger partial charge in [-0.3, -0.25) is 9.59 Å². The van der Waals surface area contributed by atoms with Gasteiger partial charge >= 0.3 is 0 Å². The highest BCUT2D eigenvalue weighted by molar-refractivity contribution is 6.06. The Balaban J connectivity index is 1.65. The maximum Gasteiger partial charge on any atom is 0.255 e. The molecule has 0 aromatic heterocycles.